The number of hydrogen-bond donors (Lipinski definition) is 1. The smallest absolute Gasteiger partial charge is 0.301 e. The summed E-state index contributed by atoms with van der Waals surface area (Å²) >= 11 is 5.85. The van der Waals surface area contributed by atoms with E-state index in [1.54, 1.807) is 13.0 Å². The molecule has 0 spiro atoms. The fraction of sp³-hybridized carbons (Fsp3) is 0.250. The van der Waals surface area contributed by atoms with E-state index in [0.717, 1.165) is 5.69 Å². The highest BCUT2D eigenvalue weighted by atomic mass is 35.5. The minimum absolute atomic E-state index is 0.170. The first-order chi connectivity index (χ1) is 8.58. The van der Waals surface area contributed by atoms with Crippen LogP contribution in [0.15, 0.2) is 22.8 Å². The Bertz CT molecular complexity index is 580. The molecule has 2 aromatic rings. The van der Waals surface area contributed by atoms with Gasteiger partial charge in [0.25, 0.3) is 5.91 Å². The highest BCUT2D eigenvalue weighted by Gasteiger charge is 2.11. The van der Waals surface area contributed by atoms with Gasteiger partial charge in [0.15, 0.2) is 0 Å². The summed E-state index contributed by atoms with van der Waals surface area (Å²) in [7, 11) is 0. The molecule has 0 saturated heterocycles. The second-order valence-corrected chi connectivity index (χ2v) is 4.16. The summed E-state index contributed by atoms with van der Waals surface area (Å²) in [6.45, 7) is 3.72. The van der Waals surface area contributed by atoms with Crippen LogP contribution in [0.3, 0.4) is 0 Å². The number of amides is 1. The number of halogens is 1. The predicted octanol–water partition coefficient (Wildman–Crippen LogP) is 2.85. The van der Waals surface area contributed by atoms with E-state index in [0.29, 0.717) is 22.8 Å². The van der Waals surface area contributed by atoms with E-state index in [2.05, 4.69) is 15.3 Å². The summed E-state index contributed by atoms with van der Waals surface area (Å²) in [5, 5.41) is 2.85. The zero-order chi connectivity index (χ0) is 13.1. The summed E-state index contributed by atoms with van der Waals surface area (Å²) in [4.78, 5) is 20.0. The van der Waals surface area contributed by atoms with Crippen molar-refractivity contribution in [1.82, 2.24) is 9.97 Å². The zero-order valence-corrected chi connectivity index (χ0v) is 10.8. The molecule has 2 rings (SSSR count). The number of oxazole rings is 1. The number of carbonyl (C=O) groups is 1. The molecule has 1 N–H and O–H groups in total. The normalized spacial score (nSPS) is 10.4. The number of hydrogen-bond acceptors (Lipinski definition) is 4. The van der Waals surface area contributed by atoms with Crippen LogP contribution in [-0.2, 0) is 6.42 Å². The van der Waals surface area contributed by atoms with Gasteiger partial charge in [-0.25, -0.2) is 4.98 Å². The fourth-order valence-corrected chi connectivity index (χ4v) is 1.67. The SMILES string of the molecule is CCc1cc(C(=O)Nc2nc(C)co2)cc(Cl)n1. The third-order valence-corrected chi connectivity index (χ3v) is 2.50. The first-order valence-corrected chi connectivity index (χ1v) is 5.86. The van der Waals surface area contributed by atoms with Gasteiger partial charge >= 0.3 is 6.01 Å². The molecule has 18 heavy (non-hydrogen) atoms. The molecule has 0 radical (unpaired) electrons. The van der Waals surface area contributed by atoms with Crippen LogP contribution in [0.2, 0.25) is 5.15 Å². The minimum atomic E-state index is -0.323. The molecule has 0 aliphatic heterocycles. The van der Waals surface area contributed by atoms with E-state index >= 15 is 0 Å². The number of nitrogens with zero attached hydrogens (tertiary/aromatic N) is 2. The minimum Gasteiger partial charge on any atom is -0.432 e. The molecule has 0 aliphatic carbocycles. The Morgan fingerprint density at radius 3 is 2.83 bits per heavy atom. The van der Waals surface area contributed by atoms with Crippen LogP contribution in [0, 0.1) is 6.92 Å². The topological polar surface area (TPSA) is 68.0 Å². The first kappa shape index (κ1) is 12.6. The van der Waals surface area contributed by atoms with Crippen molar-refractivity contribution >= 4 is 23.5 Å². The molecule has 6 heteroatoms. The van der Waals surface area contributed by atoms with Crippen LogP contribution in [-0.4, -0.2) is 15.9 Å². The van der Waals surface area contributed by atoms with Crippen LogP contribution < -0.4 is 5.32 Å². The Hall–Kier alpha value is -1.88. The fourth-order valence-electron chi connectivity index (χ4n) is 1.44. The van der Waals surface area contributed by atoms with E-state index in [9.17, 15) is 4.79 Å². The number of anilines is 1. The molecule has 2 heterocycles. The summed E-state index contributed by atoms with van der Waals surface area (Å²) in [5.41, 5.74) is 1.89. The molecule has 0 aromatic carbocycles. The van der Waals surface area contributed by atoms with E-state index in [4.69, 9.17) is 16.0 Å². The van der Waals surface area contributed by atoms with Gasteiger partial charge in [0.1, 0.15) is 11.4 Å². The van der Waals surface area contributed by atoms with Crippen LogP contribution in [0.4, 0.5) is 6.01 Å². The second-order valence-electron chi connectivity index (χ2n) is 3.77. The van der Waals surface area contributed by atoms with Gasteiger partial charge in [-0.3, -0.25) is 10.1 Å². The average molecular weight is 266 g/mol. The van der Waals surface area contributed by atoms with Crippen LogP contribution in [0.25, 0.3) is 0 Å². The van der Waals surface area contributed by atoms with Crippen molar-refractivity contribution in [3.63, 3.8) is 0 Å². The van der Waals surface area contributed by atoms with E-state index in [-0.39, 0.29) is 11.9 Å². The lowest BCUT2D eigenvalue weighted by atomic mass is 10.2. The zero-order valence-electron chi connectivity index (χ0n) is 10.0. The van der Waals surface area contributed by atoms with Crippen molar-refractivity contribution in [2.24, 2.45) is 0 Å². The highest BCUT2D eigenvalue weighted by Crippen LogP contribution is 2.14. The van der Waals surface area contributed by atoms with Crippen molar-refractivity contribution in [2.75, 3.05) is 5.32 Å². The number of aryl methyl sites for hydroxylation is 2. The Labute approximate surface area is 109 Å². The summed E-state index contributed by atoms with van der Waals surface area (Å²) < 4.78 is 5.05. The maximum Gasteiger partial charge on any atom is 0.301 e. The standard InChI is InChI=1S/C12H12ClN3O2/c1-3-9-4-8(5-10(13)15-9)11(17)16-12-14-7(2)6-18-12/h4-6H,3H2,1-2H3,(H,14,16,17). The molecule has 94 valence electrons. The van der Waals surface area contributed by atoms with Crippen LogP contribution in [0.5, 0.6) is 0 Å². The third-order valence-electron chi connectivity index (χ3n) is 2.31. The molecule has 0 fully saturated rings. The summed E-state index contributed by atoms with van der Waals surface area (Å²) in [6.07, 6.45) is 2.17. The summed E-state index contributed by atoms with van der Waals surface area (Å²) in [5.74, 6) is -0.323. The van der Waals surface area contributed by atoms with Crippen molar-refractivity contribution in [3.8, 4) is 0 Å². The number of nitrogens with one attached hydrogen (secondary N) is 1. The average Bonchev–Trinajstić information content (AvgIpc) is 2.73. The summed E-state index contributed by atoms with van der Waals surface area (Å²) in [6, 6.07) is 3.37. The molecular formula is C12H12ClN3O2. The van der Waals surface area contributed by atoms with Gasteiger partial charge in [0.05, 0.1) is 5.69 Å². The Morgan fingerprint density at radius 1 is 1.44 bits per heavy atom. The maximum atomic E-state index is 11.9. The van der Waals surface area contributed by atoms with Crippen LogP contribution >= 0.6 is 11.6 Å². The Kier molecular flexibility index (Phi) is 3.62. The van der Waals surface area contributed by atoms with Gasteiger partial charge in [0.2, 0.25) is 0 Å². The lowest BCUT2D eigenvalue weighted by Crippen LogP contribution is -2.13. The Morgan fingerprint density at radius 2 is 2.22 bits per heavy atom. The third kappa shape index (κ3) is 2.87. The van der Waals surface area contributed by atoms with Gasteiger partial charge in [-0.05, 0) is 25.5 Å². The van der Waals surface area contributed by atoms with Gasteiger partial charge < -0.3 is 4.42 Å². The van der Waals surface area contributed by atoms with Gasteiger partial charge in [0, 0.05) is 11.3 Å². The van der Waals surface area contributed by atoms with Crippen molar-refractivity contribution < 1.29 is 9.21 Å². The van der Waals surface area contributed by atoms with E-state index in [1.807, 2.05) is 6.92 Å². The number of pyridine rings is 1. The van der Waals surface area contributed by atoms with E-state index in [1.165, 1.54) is 12.3 Å². The first-order valence-electron chi connectivity index (χ1n) is 5.48. The Balaban J connectivity index is 2.20. The molecule has 5 nitrogen and oxygen atoms in total. The number of rotatable bonds is 3. The van der Waals surface area contributed by atoms with Crippen molar-refractivity contribution in [3.05, 3.63) is 40.5 Å². The van der Waals surface area contributed by atoms with E-state index < -0.39 is 0 Å². The molecular weight excluding hydrogens is 254 g/mol. The quantitative estimate of drug-likeness (QED) is 0.867. The molecule has 1 amide bonds. The molecule has 0 atom stereocenters. The van der Waals surface area contributed by atoms with Gasteiger partial charge in [-0.2, -0.15) is 4.98 Å². The highest BCUT2D eigenvalue weighted by molar-refractivity contribution is 6.29. The number of aromatic nitrogens is 2. The molecule has 0 unspecified atom stereocenters. The predicted molar refractivity (Wildman–Crippen MR) is 67.8 cm³/mol. The maximum absolute atomic E-state index is 11.9. The monoisotopic (exact) mass is 265 g/mol. The van der Waals surface area contributed by atoms with Crippen molar-refractivity contribution in [1.29, 1.82) is 0 Å². The largest absolute Gasteiger partial charge is 0.432 e. The molecule has 0 bridgehead atoms. The molecule has 0 saturated carbocycles. The lowest BCUT2D eigenvalue weighted by molar-refractivity contribution is 0.102. The molecule has 0 aliphatic rings. The van der Waals surface area contributed by atoms with Crippen molar-refractivity contribution in [2.45, 2.75) is 20.3 Å². The lowest BCUT2D eigenvalue weighted by Gasteiger charge is -2.03. The van der Waals surface area contributed by atoms with Crippen LogP contribution in [0.1, 0.15) is 28.7 Å². The second kappa shape index (κ2) is 5.18. The molecule has 2 aromatic heterocycles. The van der Waals surface area contributed by atoms with Gasteiger partial charge in [-0.15, -0.1) is 0 Å². The van der Waals surface area contributed by atoms with Gasteiger partial charge in [-0.1, -0.05) is 18.5 Å². The number of carbonyl (C=O) groups excluding carboxylic acids is 1.